The van der Waals surface area contributed by atoms with Gasteiger partial charge in [-0.25, -0.2) is 9.59 Å². The summed E-state index contributed by atoms with van der Waals surface area (Å²) in [6.45, 7) is 2.15. The van der Waals surface area contributed by atoms with Crippen LogP contribution in [0.25, 0.3) is 0 Å². The zero-order valence-corrected chi connectivity index (χ0v) is 13.1. The maximum atomic E-state index is 11.5. The van der Waals surface area contributed by atoms with E-state index >= 15 is 0 Å². The van der Waals surface area contributed by atoms with Gasteiger partial charge in [-0.05, 0) is 12.5 Å². The van der Waals surface area contributed by atoms with Gasteiger partial charge in [0.05, 0.1) is 25.9 Å². The van der Waals surface area contributed by atoms with Crippen LogP contribution in [0.5, 0.6) is 0 Å². The highest BCUT2D eigenvalue weighted by Gasteiger charge is 2.10. The number of carbonyl (C=O) groups excluding carboxylic acids is 2. The summed E-state index contributed by atoms with van der Waals surface area (Å²) in [7, 11) is 2.45. The molecule has 21 heavy (non-hydrogen) atoms. The normalized spacial score (nSPS) is 13.2. The van der Waals surface area contributed by atoms with Crippen molar-refractivity contribution in [3.05, 3.63) is 23.8 Å². The van der Waals surface area contributed by atoms with Crippen molar-refractivity contribution in [2.75, 3.05) is 14.2 Å². The maximum absolute atomic E-state index is 11.5. The molecule has 0 aliphatic heterocycles. The lowest BCUT2D eigenvalue weighted by Gasteiger charge is -2.06. The van der Waals surface area contributed by atoms with Gasteiger partial charge in [0.1, 0.15) is 0 Å². The van der Waals surface area contributed by atoms with Crippen LogP contribution < -0.4 is 0 Å². The Labute approximate surface area is 126 Å². The Balaban J connectivity index is 4.39. The molecule has 0 amide bonds. The Kier molecular flexibility index (Phi) is 11.2. The van der Waals surface area contributed by atoms with Crippen molar-refractivity contribution >= 4 is 11.9 Å². The van der Waals surface area contributed by atoms with Crippen molar-refractivity contribution in [3.63, 3.8) is 0 Å². The van der Waals surface area contributed by atoms with Crippen LogP contribution in [-0.4, -0.2) is 37.4 Å². The minimum atomic E-state index is -0.646. The summed E-state index contributed by atoms with van der Waals surface area (Å²) in [5, 5.41) is 9.82. The van der Waals surface area contributed by atoms with Crippen LogP contribution in [-0.2, 0) is 19.1 Å². The summed E-state index contributed by atoms with van der Waals surface area (Å²) in [5.41, 5.74) is 0.0504. The summed E-state index contributed by atoms with van der Waals surface area (Å²) >= 11 is 0. The number of hydrogen-bond donors (Lipinski definition) is 1. The first-order chi connectivity index (χ1) is 10.0. The van der Waals surface area contributed by atoms with Gasteiger partial charge in [-0.3, -0.25) is 0 Å². The second kappa shape index (κ2) is 12.1. The van der Waals surface area contributed by atoms with E-state index < -0.39 is 18.0 Å². The molecule has 0 saturated heterocycles. The van der Waals surface area contributed by atoms with Crippen LogP contribution in [0.2, 0.25) is 0 Å². The third kappa shape index (κ3) is 9.85. The molecule has 1 atom stereocenters. The van der Waals surface area contributed by atoms with Crippen LogP contribution in [0.4, 0.5) is 0 Å². The Morgan fingerprint density at radius 1 is 1.10 bits per heavy atom. The first-order valence-electron chi connectivity index (χ1n) is 7.29. The largest absolute Gasteiger partial charge is 0.466 e. The van der Waals surface area contributed by atoms with Gasteiger partial charge in [-0.15, -0.1) is 0 Å². The van der Waals surface area contributed by atoms with E-state index in [1.807, 2.05) is 0 Å². The molecular weight excluding hydrogens is 272 g/mol. The highest BCUT2D eigenvalue weighted by molar-refractivity contribution is 5.98. The Morgan fingerprint density at radius 3 is 2.33 bits per heavy atom. The molecule has 120 valence electrons. The zero-order valence-electron chi connectivity index (χ0n) is 13.1. The molecule has 0 spiro atoms. The number of methoxy groups -OCH3 is 2. The van der Waals surface area contributed by atoms with Gasteiger partial charge in [-0.2, -0.15) is 0 Å². The van der Waals surface area contributed by atoms with E-state index in [9.17, 15) is 14.7 Å². The topological polar surface area (TPSA) is 72.8 Å². The fourth-order valence-electron chi connectivity index (χ4n) is 1.75. The summed E-state index contributed by atoms with van der Waals surface area (Å²) in [6.07, 6.45) is 9.48. The van der Waals surface area contributed by atoms with Crippen molar-refractivity contribution < 1.29 is 24.2 Å². The molecule has 0 heterocycles. The highest BCUT2D eigenvalue weighted by Crippen LogP contribution is 2.09. The van der Waals surface area contributed by atoms with Crippen LogP contribution in [0.1, 0.15) is 45.4 Å². The summed E-state index contributed by atoms with van der Waals surface area (Å²) < 4.78 is 9.03. The van der Waals surface area contributed by atoms with E-state index in [1.165, 1.54) is 45.6 Å². The van der Waals surface area contributed by atoms with Crippen LogP contribution in [0, 0.1) is 0 Å². The number of ether oxygens (including phenoxy) is 2. The van der Waals surface area contributed by atoms with Crippen molar-refractivity contribution in [2.45, 2.75) is 51.6 Å². The summed E-state index contributed by atoms with van der Waals surface area (Å²) in [4.78, 5) is 22.6. The van der Waals surface area contributed by atoms with Gasteiger partial charge in [-0.1, -0.05) is 45.1 Å². The number of aliphatic hydroxyl groups is 1. The lowest BCUT2D eigenvalue weighted by molar-refractivity contribution is -0.138. The summed E-state index contributed by atoms with van der Waals surface area (Å²) in [6, 6.07) is 0. The monoisotopic (exact) mass is 298 g/mol. The molecule has 1 N–H and O–H groups in total. The molecule has 0 aromatic carbocycles. The van der Waals surface area contributed by atoms with Gasteiger partial charge in [0, 0.05) is 6.08 Å². The van der Waals surface area contributed by atoms with Crippen molar-refractivity contribution in [1.82, 2.24) is 0 Å². The number of hydrogen-bond acceptors (Lipinski definition) is 5. The number of carbonyl (C=O) groups is 2. The fourth-order valence-corrected chi connectivity index (χ4v) is 1.75. The number of unbranched alkanes of at least 4 members (excludes halogenated alkanes) is 4. The molecule has 0 aliphatic carbocycles. The number of esters is 2. The van der Waals surface area contributed by atoms with E-state index in [0.29, 0.717) is 6.42 Å². The first kappa shape index (κ1) is 19.4. The Bertz CT molecular complexity index is 371. The quantitative estimate of drug-likeness (QED) is 0.290. The SMILES string of the molecule is CCCCCCC[C@H](O)/C=C/C(=C\C(=O)OC)C(=O)OC. The molecule has 0 aromatic rings. The molecule has 5 heteroatoms. The van der Waals surface area contributed by atoms with Gasteiger partial charge in [0.2, 0.25) is 0 Å². The van der Waals surface area contributed by atoms with Crippen molar-refractivity contribution in [2.24, 2.45) is 0 Å². The van der Waals surface area contributed by atoms with Crippen molar-refractivity contribution in [1.29, 1.82) is 0 Å². The molecular formula is C16H26O5. The van der Waals surface area contributed by atoms with E-state index in [2.05, 4.69) is 16.4 Å². The van der Waals surface area contributed by atoms with E-state index in [4.69, 9.17) is 0 Å². The Morgan fingerprint density at radius 2 is 1.76 bits per heavy atom. The minimum Gasteiger partial charge on any atom is -0.466 e. The summed E-state index contributed by atoms with van der Waals surface area (Å²) in [5.74, 6) is -1.29. The van der Waals surface area contributed by atoms with Crippen LogP contribution in [0.15, 0.2) is 23.8 Å². The Hall–Kier alpha value is -1.62. The molecule has 0 aliphatic rings. The molecule has 0 bridgehead atoms. The second-order valence-electron chi connectivity index (χ2n) is 4.74. The molecule has 5 nitrogen and oxygen atoms in total. The molecule has 0 saturated carbocycles. The second-order valence-corrected chi connectivity index (χ2v) is 4.74. The van der Waals surface area contributed by atoms with Gasteiger partial charge >= 0.3 is 11.9 Å². The smallest absolute Gasteiger partial charge is 0.338 e. The molecule has 0 fully saturated rings. The fraction of sp³-hybridized carbons (Fsp3) is 0.625. The lowest BCUT2D eigenvalue weighted by atomic mass is 10.1. The van der Waals surface area contributed by atoms with E-state index in [-0.39, 0.29) is 5.57 Å². The molecule has 0 aromatic heterocycles. The average Bonchev–Trinajstić information content (AvgIpc) is 2.49. The number of aliphatic hydroxyl groups excluding tert-OH is 1. The third-order valence-corrected chi connectivity index (χ3v) is 3.00. The van der Waals surface area contributed by atoms with Gasteiger partial charge in [0.25, 0.3) is 0 Å². The maximum Gasteiger partial charge on any atom is 0.338 e. The predicted molar refractivity (Wildman–Crippen MR) is 80.6 cm³/mol. The zero-order chi connectivity index (χ0) is 16.1. The molecule has 0 rings (SSSR count). The van der Waals surface area contributed by atoms with Crippen LogP contribution >= 0.6 is 0 Å². The first-order valence-corrected chi connectivity index (χ1v) is 7.29. The highest BCUT2D eigenvalue weighted by atomic mass is 16.5. The van der Waals surface area contributed by atoms with Crippen molar-refractivity contribution in [3.8, 4) is 0 Å². The number of rotatable bonds is 10. The minimum absolute atomic E-state index is 0.0504. The standard InChI is InChI=1S/C16H26O5/c1-4-5-6-7-8-9-14(17)11-10-13(16(19)21-3)12-15(18)20-2/h10-12,14,17H,4-9H2,1-3H3/b11-10+,13-12+/t14-/m0/s1. The van der Waals surface area contributed by atoms with Gasteiger partial charge in [0.15, 0.2) is 0 Å². The molecule has 0 unspecified atom stereocenters. The van der Waals surface area contributed by atoms with E-state index in [0.717, 1.165) is 18.9 Å². The average molecular weight is 298 g/mol. The lowest BCUT2D eigenvalue weighted by Crippen LogP contribution is -2.08. The van der Waals surface area contributed by atoms with Crippen LogP contribution in [0.3, 0.4) is 0 Å². The predicted octanol–water partition coefficient (Wildman–Crippen LogP) is 2.54. The van der Waals surface area contributed by atoms with Gasteiger partial charge < -0.3 is 14.6 Å². The van der Waals surface area contributed by atoms with E-state index in [1.54, 1.807) is 0 Å². The third-order valence-electron chi connectivity index (χ3n) is 3.00. The molecule has 0 radical (unpaired) electrons.